The summed E-state index contributed by atoms with van der Waals surface area (Å²) < 4.78 is 8.05. The molecule has 6 heteroatoms. The van der Waals surface area contributed by atoms with Crippen molar-refractivity contribution in [3.8, 4) is 0 Å². The quantitative estimate of drug-likeness (QED) is 0.795. The molecule has 3 heterocycles. The van der Waals surface area contributed by atoms with E-state index < -0.39 is 0 Å². The van der Waals surface area contributed by atoms with Crippen molar-refractivity contribution >= 4 is 5.95 Å². The normalized spacial score (nSPS) is 21.4. The lowest BCUT2D eigenvalue weighted by atomic mass is 10.1. The fraction of sp³-hybridized carbons (Fsp3) is 0.600. The monoisotopic (exact) mass is 355 g/mol. The maximum atomic E-state index is 5.78. The largest absolute Gasteiger partial charge is 0.377 e. The number of benzene rings is 1. The lowest BCUT2D eigenvalue weighted by Gasteiger charge is -2.36. The summed E-state index contributed by atoms with van der Waals surface area (Å²) in [7, 11) is 0. The Kier molecular flexibility index (Phi) is 5.51. The summed E-state index contributed by atoms with van der Waals surface area (Å²) in [5, 5.41) is 9.03. The Balaban J connectivity index is 1.38. The van der Waals surface area contributed by atoms with Crippen molar-refractivity contribution in [1.82, 2.24) is 19.7 Å². The topological polar surface area (TPSA) is 46.4 Å². The first-order chi connectivity index (χ1) is 12.8. The number of anilines is 1. The summed E-state index contributed by atoms with van der Waals surface area (Å²) in [5.41, 5.74) is 1.28. The second-order valence-corrected chi connectivity index (χ2v) is 7.25. The van der Waals surface area contributed by atoms with E-state index in [2.05, 4.69) is 61.8 Å². The molecule has 2 saturated heterocycles. The van der Waals surface area contributed by atoms with E-state index in [0.717, 1.165) is 64.1 Å². The van der Waals surface area contributed by atoms with E-state index in [1.807, 2.05) is 0 Å². The van der Waals surface area contributed by atoms with Crippen molar-refractivity contribution in [2.45, 2.75) is 38.8 Å². The van der Waals surface area contributed by atoms with Crippen LogP contribution in [-0.4, -0.2) is 65.1 Å². The predicted octanol–water partition coefficient (Wildman–Crippen LogP) is 2.19. The third-order valence-corrected chi connectivity index (χ3v) is 5.47. The van der Waals surface area contributed by atoms with E-state index in [1.165, 1.54) is 18.4 Å². The summed E-state index contributed by atoms with van der Waals surface area (Å²) in [6.07, 6.45) is 3.71. The van der Waals surface area contributed by atoms with Crippen molar-refractivity contribution in [3.63, 3.8) is 0 Å². The Labute approximate surface area is 155 Å². The van der Waals surface area contributed by atoms with Crippen molar-refractivity contribution < 1.29 is 4.74 Å². The van der Waals surface area contributed by atoms with Crippen LogP contribution in [-0.2, 0) is 17.7 Å². The van der Waals surface area contributed by atoms with Gasteiger partial charge in [-0.3, -0.25) is 9.47 Å². The van der Waals surface area contributed by atoms with Gasteiger partial charge in [-0.15, -0.1) is 10.2 Å². The first kappa shape index (κ1) is 17.5. The van der Waals surface area contributed by atoms with Crippen molar-refractivity contribution in [1.29, 1.82) is 0 Å². The van der Waals surface area contributed by atoms with Crippen LogP contribution in [0.5, 0.6) is 0 Å². The molecule has 1 aromatic carbocycles. The van der Waals surface area contributed by atoms with Gasteiger partial charge in [0.05, 0.1) is 6.10 Å². The van der Waals surface area contributed by atoms with Crippen LogP contribution in [0.15, 0.2) is 30.3 Å². The standard InChI is InChI=1S/C20H29N5O/c1-2-25-19(15-17-7-4-3-5-8-17)21-22-20(25)24-12-10-23(11-13-24)16-18-9-6-14-26-18/h3-5,7-8,18H,2,6,9-16H2,1H3. The van der Waals surface area contributed by atoms with Gasteiger partial charge >= 0.3 is 0 Å². The van der Waals surface area contributed by atoms with Crippen LogP contribution >= 0.6 is 0 Å². The Hall–Kier alpha value is -1.92. The third kappa shape index (κ3) is 3.91. The minimum Gasteiger partial charge on any atom is -0.377 e. The fourth-order valence-electron chi connectivity index (χ4n) is 4.00. The first-order valence-corrected chi connectivity index (χ1v) is 9.88. The fourth-order valence-corrected chi connectivity index (χ4v) is 4.00. The van der Waals surface area contributed by atoms with Gasteiger partial charge in [-0.05, 0) is 25.3 Å². The molecule has 0 radical (unpaired) electrons. The van der Waals surface area contributed by atoms with Gasteiger partial charge in [-0.25, -0.2) is 0 Å². The zero-order valence-electron chi connectivity index (χ0n) is 15.7. The molecule has 0 bridgehead atoms. The summed E-state index contributed by atoms with van der Waals surface area (Å²) >= 11 is 0. The number of piperazine rings is 1. The van der Waals surface area contributed by atoms with Crippen molar-refractivity contribution in [2.75, 3.05) is 44.2 Å². The molecule has 0 saturated carbocycles. The lowest BCUT2D eigenvalue weighted by molar-refractivity contribution is 0.0711. The van der Waals surface area contributed by atoms with Gasteiger partial charge in [0.15, 0.2) is 0 Å². The van der Waals surface area contributed by atoms with Crippen LogP contribution in [0.1, 0.15) is 31.2 Å². The zero-order chi connectivity index (χ0) is 17.8. The molecule has 2 aromatic rings. The Morgan fingerprint density at radius 1 is 1.08 bits per heavy atom. The van der Waals surface area contributed by atoms with Crippen LogP contribution in [0.4, 0.5) is 5.95 Å². The minimum atomic E-state index is 0.443. The van der Waals surface area contributed by atoms with Gasteiger partial charge in [0.2, 0.25) is 5.95 Å². The SMILES string of the molecule is CCn1c(Cc2ccccc2)nnc1N1CCN(CC2CCCO2)CC1. The van der Waals surface area contributed by atoms with E-state index in [0.29, 0.717) is 6.10 Å². The highest BCUT2D eigenvalue weighted by Gasteiger charge is 2.25. The molecule has 2 aliphatic heterocycles. The molecule has 1 atom stereocenters. The molecule has 140 valence electrons. The Morgan fingerprint density at radius 3 is 2.58 bits per heavy atom. The number of nitrogens with zero attached hydrogens (tertiary/aromatic N) is 5. The van der Waals surface area contributed by atoms with Crippen LogP contribution < -0.4 is 4.90 Å². The summed E-state index contributed by atoms with van der Waals surface area (Å²) in [6, 6.07) is 10.5. The Bertz CT molecular complexity index is 687. The number of hydrogen-bond donors (Lipinski definition) is 0. The van der Waals surface area contributed by atoms with Gasteiger partial charge in [-0.2, -0.15) is 0 Å². The summed E-state index contributed by atoms with van der Waals surface area (Å²) in [6.45, 7) is 9.26. The molecule has 4 rings (SSSR count). The van der Waals surface area contributed by atoms with Crippen molar-refractivity contribution in [3.05, 3.63) is 41.7 Å². The molecule has 0 spiro atoms. The first-order valence-electron chi connectivity index (χ1n) is 9.88. The summed E-state index contributed by atoms with van der Waals surface area (Å²) in [4.78, 5) is 4.92. The molecule has 26 heavy (non-hydrogen) atoms. The highest BCUT2D eigenvalue weighted by Crippen LogP contribution is 2.19. The van der Waals surface area contributed by atoms with Gasteiger partial charge in [0.25, 0.3) is 0 Å². The van der Waals surface area contributed by atoms with E-state index in [-0.39, 0.29) is 0 Å². The van der Waals surface area contributed by atoms with Gasteiger partial charge in [-0.1, -0.05) is 30.3 Å². The zero-order valence-corrected chi connectivity index (χ0v) is 15.7. The average Bonchev–Trinajstić information content (AvgIpc) is 3.33. The van der Waals surface area contributed by atoms with E-state index in [9.17, 15) is 0 Å². The maximum absolute atomic E-state index is 5.78. The molecule has 1 unspecified atom stereocenters. The van der Waals surface area contributed by atoms with Gasteiger partial charge < -0.3 is 9.64 Å². The molecule has 2 fully saturated rings. The molecular formula is C20H29N5O. The number of rotatable bonds is 6. The summed E-state index contributed by atoms with van der Waals surface area (Å²) in [5.74, 6) is 2.07. The maximum Gasteiger partial charge on any atom is 0.227 e. The van der Waals surface area contributed by atoms with E-state index >= 15 is 0 Å². The molecule has 0 N–H and O–H groups in total. The van der Waals surface area contributed by atoms with Crippen LogP contribution in [0.3, 0.4) is 0 Å². The molecular weight excluding hydrogens is 326 g/mol. The van der Waals surface area contributed by atoms with E-state index in [1.54, 1.807) is 0 Å². The number of aromatic nitrogens is 3. The highest BCUT2D eigenvalue weighted by atomic mass is 16.5. The molecule has 1 aromatic heterocycles. The molecule has 0 amide bonds. The van der Waals surface area contributed by atoms with E-state index in [4.69, 9.17) is 4.74 Å². The molecule has 0 aliphatic carbocycles. The lowest BCUT2D eigenvalue weighted by Crippen LogP contribution is -2.49. The number of hydrogen-bond acceptors (Lipinski definition) is 5. The third-order valence-electron chi connectivity index (χ3n) is 5.47. The minimum absolute atomic E-state index is 0.443. The second kappa shape index (κ2) is 8.18. The highest BCUT2D eigenvalue weighted by molar-refractivity contribution is 5.33. The second-order valence-electron chi connectivity index (χ2n) is 7.25. The van der Waals surface area contributed by atoms with Crippen LogP contribution in [0.25, 0.3) is 0 Å². The van der Waals surface area contributed by atoms with Gasteiger partial charge in [0.1, 0.15) is 5.82 Å². The Morgan fingerprint density at radius 2 is 1.88 bits per heavy atom. The molecule has 6 nitrogen and oxygen atoms in total. The molecule has 2 aliphatic rings. The van der Waals surface area contributed by atoms with Crippen LogP contribution in [0, 0.1) is 0 Å². The predicted molar refractivity (Wildman–Crippen MR) is 103 cm³/mol. The smallest absolute Gasteiger partial charge is 0.227 e. The number of ether oxygens (including phenoxy) is 1. The average molecular weight is 355 g/mol. The van der Waals surface area contributed by atoms with Crippen LogP contribution in [0.2, 0.25) is 0 Å². The van der Waals surface area contributed by atoms with Gasteiger partial charge in [0, 0.05) is 52.3 Å². The van der Waals surface area contributed by atoms with Crippen molar-refractivity contribution in [2.24, 2.45) is 0 Å².